The molecule has 0 spiro atoms. The van der Waals surface area contributed by atoms with Crippen LogP contribution in [0.1, 0.15) is 51.5 Å². The number of ketones is 1. The van der Waals surface area contributed by atoms with Crippen LogP contribution in [-0.4, -0.2) is 23.8 Å². The molecule has 1 aromatic carbocycles. The number of hydrogen-bond acceptors (Lipinski definition) is 2. The van der Waals surface area contributed by atoms with Crippen molar-refractivity contribution in [3.63, 3.8) is 0 Å². The number of carbonyl (C=O) groups is 1. The Morgan fingerprint density at radius 2 is 1.86 bits per heavy atom. The van der Waals surface area contributed by atoms with Crippen molar-refractivity contribution in [2.24, 2.45) is 0 Å². The summed E-state index contributed by atoms with van der Waals surface area (Å²) in [6.07, 6.45) is 8.60. The Morgan fingerprint density at radius 1 is 1.23 bits per heavy atom. The average molecular weight is 320 g/mol. The van der Waals surface area contributed by atoms with Gasteiger partial charge in [-0.15, -0.1) is 0 Å². The molecule has 0 amide bonds. The van der Waals surface area contributed by atoms with Gasteiger partial charge in [0.2, 0.25) is 0 Å². The third kappa shape index (κ3) is 3.80. The largest absolute Gasteiger partial charge is 0.300 e. The predicted octanol–water partition coefficient (Wildman–Crippen LogP) is 4.97. The number of hydrogen-bond donors (Lipinski definition) is 0. The SMILES string of the molecule is CC=CCN(CCC)C1(c2ccc(Cl)cc2)CCC(=O)CC1. The van der Waals surface area contributed by atoms with E-state index < -0.39 is 0 Å². The highest BCUT2D eigenvalue weighted by Gasteiger charge is 2.40. The van der Waals surface area contributed by atoms with Crippen molar-refractivity contribution in [3.05, 3.63) is 47.0 Å². The van der Waals surface area contributed by atoms with E-state index in [0.717, 1.165) is 37.4 Å². The Labute approximate surface area is 139 Å². The molecule has 1 fully saturated rings. The maximum atomic E-state index is 11.8. The van der Waals surface area contributed by atoms with E-state index in [9.17, 15) is 4.79 Å². The van der Waals surface area contributed by atoms with E-state index in [0.29, 0.717) is 18.6 Å². The number of carbonyl (C=O) groups excluding carboxylic acids is 1. The van der Waals surface area contributed by atoms with Crippen LogP contribution in [0.25, 0.3) is 0 Å². The molecule has 0 aliphatic heterocycles. The van der Waals surface area contributed by atoms with E-state index in [1.54, 1.807) is 0 Å². The van der Waals surface area contributed by atoms with Crippen molar-refractivity contribution in [3.8, 4) is 0 Å². The average Bonchev–Trinajstić information content (AvgIpc) is 2.53. The lowest BCUT2D eigenvalue weighted by Crippen LogP contribution is -2.49. The summed E-state index contributed by atoms with van der Waals surface area (Å²) in [5, 5.41) is 0.765. The van der Waals surface area contributed by atoms with Gasteiger partial charge in [-0.2, -0.15) is 0 Å². The molecule has 2 nitrogen and oxygen atoms in total. The van der Waals surface area contributed by atoms with Crippen LogP contribution in [0.3, 0.4) is 0 Å². The molecule has 0 heterocycles. The van der Waals surface area contributed by atoms with Gasteiger partial charge < -0.3 is 0 Å². The molecule has 0 radical (unpaired) electrons. The Morgan fingerprint density at radius 3 is 2.41 bits per heavy atom. The summed E-state index contributed by atoms with van der Waals surface area (Å²) in [6, 6.07) is 8.20. The smallest absolute Gasteiger partial charge is 0.133 e. The molecule has 2 rings (SSSR count). The normalized spacial score (nSPS) is 18.3. The summed E-state index contributed by atoms with van der Waals surface area (Å²) in [6.45, 7) is 6.25. The van der Waals surface area contributed by atoms with Crippen LogP contribution in [0, 0.1) is 0 Å². The summed E-state index contributed by atoms with van der Waals surface area (Å²) >= 11 is 6.06. The van der Waals surface area contributed by atoms with Crippen LogP contribution in [0.15, 0.2) is 36.4 Å². The Hall–Kier alpha value is -1.12. The third-order valence-electron chi connectivity index (χ3n) is 4.68. The molecule has 0 atom stereocenters. The first-order chi connectivity index (χ1) is 10.6. The van der Waals surface area contributed by atoms with Gasteiger partial charge in [-0.1, -0.05) is 42.8 Å². The molecule has 1 aliphatic rings. The fourth-order valence-electron chi connectivity index (χ4n) is 3.47. The van der Waals surface area contributed by atoms with Gasteiger partial charge in [-0.3, -0.25) is 9.69 Å². The lowest BCUT2D eigenvalue weighted by Gasteiger charge is -2.46. The maximum Gasteiger partial charge on any atom is 0.133 e. The van der Waals surface area contributed by atoms with Crippen LogP contribution < -0.4 is 0 Å². The first kappa shape index (κ1) is 17.2. The highest BCUT2D eigenvalue weighted by molar-refractivity contribution is 6.30. The van der Waals surface area contributed by atoms with E-state index in [1.165, 1.54) is 5.56 Å². The molecule has 0 N–H and O–H groups in total. The van der Waals surface area contributed by atoms with Crippen molar-refractivity contribution < 1.29 is 4.79 Å². The molecular weight excluding hydrogens is 294 g/mol. The monoisotopic (exact) mass is 319 g/mol. The van der Waals surface area contributed by atoms with E-state index in [4.69, 9.17) is 11.6 Å². The van der Waals surface area contributed by atoms with Gasteiger partial charge in [0.1, 0.15) is 5.78 Å². The molecule has 22 heavy (non-hydrogen) atoms. The summed E-state index contributed by atoms with van der Waals surface area (Å²) < 4.78 is 0. The molecule has 3 heteroatoms. The molecule has 0 unspecified atom stereocenters. The standard InChI is InChI=1S/C19H26ClNO/c1-3-5-15-21(14-4-2)19(12-10-18(22)11-13-19)16-6-8-17(20)9-7-16/h3,5-9H,4,10-15H2,1-2H3. The van der Waals surface area contributed by atoms with E-state index in [1.807, 2.05) is 12.1 Å². The highest BCUT2D eigenvalue weighted by Crippen LogP contribution is 2.41. The van der Waals surface area contributed by atoms with Crippen molar-refractivity contribution in [1.82, 2.24) is 4.90 Å². The van der Waals surface area contributed by atoms with Crippen molar-refractivity contribution in [1.29, 1.82) is 0 Å². The molecule has 1 aromatic rings. The van der Waals surface area contributed by atoms with Crippen LogP contribution >= 0.6 is 11.6 Å². The lowest BCUT2D eigenvalue weighted by atomic mass is 9.74. The van der Waals surface area contributed by atoms with Crippen LogP contribution in [0.5, 0.6) is 0 Å². The van der Waals surface area contributed by atoms with Crippen molar-refractivity contribution in [2.75, 3.05) is 13.1 Å². The fourth-order valence-corrected chi connectivity index (χ4v) is 3.60. The minimum absolute atomic E-state index is 0.0337. The molecule has 0 saturated heterocycles. The minimum atomic E-state index is -0.0337. The van der Waals surface area contributed by atoms with Gasteiger partial charge in [-0.25, -0.2) is 0 Å². The zero-order chi connectivity index (χ0) is 16.0. The first-order valence-electron chi connectivity index (χ1n) is 8.26. The third-order valence-corrected chi connectivity index (χ3v) is 4.93. The van der Waals surface area contributed by atoms with E-state index >= 15 is 0 Å². The Kier molecular flexibility index (Phi) is 6.22. The highest BCUT2D eigenvalue weighted by atomic mass is 35.5. The number of nitrogens with zero attached hydrogens (tertiary/aromatic N) is 1. The minimum Gasteiger partial charge on any atom is -0.300 e. The van der Waals surface area contributed by atoms with Crippen molar-refractivity contribution in [2.45, 2.75) is 51.5 Å². The van der Waals surface area contributed by atoms with E-state index in [2.05, 4.69) is 43.0 Å². The number of benzene rings is 1. The number of Topliss-reactive ketones (excluding diaryl/α,β-unsaturated/α-hetero) is 1. The first-order valence-corrected chi connectivity index (χ1v) is 8.64. The second-order valence-corrected chi connectivity index (χ2v) is 6.53. The maximum absolute atomic E-state index is 11.8. The van der Waals surface area contributed by atoms with Gasteiger partial charge in [-0.05, 0) is 50.4 Å². The molecular formula is C19H26ClNO. The van der Waals surface area contributed by atoms with Crippen LogP contribution in [-0.2, 0) is 10.3 Å². The summed E-state index contributed by atoms with van der Waals surface area (Å²) in [7, 11) is 0. The lowest BCUT2D eigenvalue weighted by molar-refractivity contribution is -0.123. The van der Waals surface area contributed by atoms with Crippen LogP contribution in [0.4, 0.5) is 0 Å². The van der Waals surface area contributed by atoms with Gasteiger partial charge in [0.05, 0.1) is 0 Å². The quantitative estimate of drug-likeness (QED) is 0.690. The predicted molar refractivity (Wildman–Crippen MR) is 93.3 cm³/mol. The summed E-state index contributed by atoms with van der Waals surface area (Å²) in [5.74, 6) is 0.395. The zero-order valence-electron chi connectivity index (χ0n) is 13.6. The number of halogens is 1. The van der Waals surface area contributed by atoms with Gasteiger partial charge in [0.15, 0.2) is 0 Å². The number of rotatable bonds is 6. The molecule has 1 aliphatic carbocycles. The second-order valence-electron chi connectivity index (χ2n) is 6.09. The van der Waals surface area contributed by atoms with Crippen molar-refractivity contribution >= 4 is 17.4 Å². The second kappa shape index (κ2) is 7.94. The Balaban J connectivity index is 2.38. The molecule has 0 bridgehead atoms. The Bertz CT molecular complexity index is 511. The topological polar surface area (TPSA) is 20.3 Å². The number of allylic oxidation sites excluding steroid dienone is 1. The van der Waals surface area contributed by atoms with Gasteiger partial charge >= 0.3 is 0 Å². The zero-order valence-corrected chi connectivity index (χ0v) is 14.4. The van der Waals surface area contributed by atoms with Gasteiger partial charge in [0, 0.05) is 29.9 Å². The van der Waals surface area contributed by atoms with E-state index in [-0.39, 0.29) is 5.54 Å². The summed E-state index contributed by atoms with van der Waals surface area (Å²) in [4.78, 5) is 14.3. The molecule has 1 saturated carbocycles. The fraction of sp³-hybridized carbons (Fsp3) is 0.526. The molecule has 0 aromatic heterocycles. The van der Waals surface area contributed by atoms with Crippen LogP contribution in [0.2, 0.25) is 5.02 Å². The molecule has 120 valence electrons. The van der Waals surface area contributed by atoms with Gasteiger partial charge in [0.25, 0.3) is 0 Å². The summed E-state index contributed by atoms with van der Waals surface area (Å²) in [5.41, 5.74) is 1.26.